The standard InChI is InChI=1S/C17H17F2N5O3/c1-9(10-4-5-11(18)12(19)6-10)21-13(25)7-24-8-20-15-14(24)16(26)23(3)17(27)22(15)2/h4-6,8-9H,7H2,1-3H3,(H,21,25). The van der Waals surface area contributed by atoms with Gasteiger partial charge in [-0.1, -0.05) is 6.07 Å². The zero-order valence-corrected chi connectivity index (χ0v) is 14.9. The second-order valence-corrected chi connectivity index (χ2v) is 6.21. The highest BCUT2D eigenvalue weighted by Crippen LogP contribution is 2.16. The number of rotatable bonds is 4. The molecule has 8 nitrogen and oxygen atoms in total. The molecule has 0 aliphatic carbocycles. The molecule has 27 heavy (non-hydrogen) atoms. The van der Waals surface area contributed by atoms with Gasteiger partial charge in [0.05, 0.1) is 12.4 Å². The smallest absolute Gasteiger partial charge is 0.332 e. The number of imidazole rings is 1. The van der Waals surface area contributed by atoms with Gasteiger partial charge in [-0.15, -0.1) is 0 Å². The first kappa shape index (κ1) is 18.5. The Morgan fingerprint density at radius 2 is 1.89 bits per heavy atom. The number of nitrogens with zero attached hydrogens (tertiary/aromatic N) is 4. The van der Waals surface area contributed by atoms with Gasteiger partial charge in [-0.2, -0.15) is 0 Å². The summed E-state index contributed by atoms with van der Waals surface area (Å²) < 4.78 is 29.9. The molecule has 0 aliphatic heterocycles. The molecule has 3 rings (SSSR count). The van der Waals surface area contributed by atoms with Gasteiger partial charge in [0.2, 0.25) is 5.91 Å². The van der Waals surface area contributed by atoms with Crippen LogP contribution in [0.2, 0.25) is 0 Å². The summed E-state index contributed by atoms with van der Waals surface area (Å²) in [6.45, 7) is 1.40. The lowest BCUT2D eigenvalue weighted by Crippen LogP contribution is -2.38. The van der Waals surface area contributed by atoms with E-state index in [9.17, 15) is 23.2 Å². The Bertz CT molecular complexity index is 1160. The van der Waals surface area contributed by atoms with Gasteiger partial charge >= 0.3 is 5.69 Å². The van der Waals surface area contributed by atoms with Crippen molar-refractivity contribution in [2.45, 2.75) is 19.5 Å². The largest absolute Gasteiger partial charge is 0.348 e. The molecular weight excluding hydrogens is 360 g/mol. The van der Waals surface area contributed by atoms with Crippen molar-refractivity contribution in [2.24, 2.45) is 14.1 Å². The molecule has 1 atom stereocenters. The van der Waals surface area contributed by atoms with Crippen LogP contribution in [0, 0.1) is 11.6 Å². The van der Waals surface area contributed by atoms with Gasteiger partial charge in [0.15, 0.2) is 22.8 Å². The van der Waals surface area contributed by atoms with Crippen molar-refractivity contribution in [1.82, 2.24) is 24.0 Å². The van der Waals surface area contributed by atoms with E-state index in [1.807, 2.05) is 0 Å². The molecule has 0 radical (unpaired) electrons. The fourth-order valence-electron chi connectivity index (χ4n) is 2.82. The molecule has 142 valence electrons. The first-order valence-electron chi connectivity index (χ1n) is 8.06. The lowest BCUT2D eigenvalue weighted by atomic mass is 10.1. The minimum atomic E-state index is -1.00. The number of halogens is 2. The van der Waals surface area contributed by atoms with E-state index >= 15 is 0 Å². The number of carbonyl (C=O) groups excluding carboxylic acids is 1. The lowest BCUT2D eigenvalue weighted by molar-refractivity contribution is -0.122. The van der Waals surface area contributed by atoms with Gasteiger partial charge in [-0.3, -0.25) is 18.7 Å². The fraction of sp³-hybridized carbons (Fsp3) is 0.294. The molecule has 0 saturated heterocycles. The number of amides is 1. The number of fused-ring (bicyclic) bond motifs is 1. The summed E-state index contributed by atoms with van der Waals surface area (Å²) in [5, 5.41) is 2.65. The van der Waals surface area contributed by atoms with E-state index < -0.39 is 34.8 Å². The second-order valence-electron chi connectivity index (χ2n) is 6.21. The molecule has 1 amide bonds. The number of benzene rings is 1. The highest BCUT2D eigenvalue weighted by Gasteiger charge is 2.17. The molecule has 0 bridgehead atoms. The normalized spacial score (nSPS) is 12.3. The van der Waals surface area contributed by atoms with Crippen molar-refractivity contribution >= 4 is 17.1 Å². The van der Waals surface area contributed by atoms with Crippen molar-refractivity contribution in [3.63, 3.8) is 0 Å². The second kappa shape index (κ2) is 6.78. The maximum atomic E-state index is 13.3. The third-order valence-corrected chi connectivity index (χ3v) is 4.35. The van der Waals surface area contributed by atoms with Crippen molar-refractivity contribution in [3.05, 3.63) is 62.6 Å². The van der Waals surface area contributed by atoms with Crippen LogP contribution in [0.1, 0.15) is 18.5 Å². The maximum absolute atomic E-state index is 13.3. The van der Waals surface area contributed by atoms with Crippen molar-refractivity contribution < 1.29 is 13.6 Å². The molecule has 0 aliphatic rings. The van der Waals surface area contributed by atoms with Crippen LogP contribution >= 0.6 is 0 Å². The van der Waals surface area contributed by atoms with Crippen molar-refractivity contribution in [2.75, 3.05) is 0 Å². The number of hydrogen-bond donors (Lipinski definition) is 1. The van der Waals surface area contributed by atoms with Gasteiger partial charge in [0, 0.05) is 14.1 Å². The summed E-state index contributed by atoms with van der Waals surface area (Å²) in [7, 11) is 2.82. The van der Waals surface area contributed by atoms with Gasteiger partial charge in [-0.25, -0.2) is 18.6 Å². The molecule has 1 aromatic carbocycles. The molecule has 0 saturated carbocycles. The summed E-state index contributed by atoms with van der Waals surface area (Å²) >= 11 is 0. The average Bonchev–Trinajstić information content (AvgIpc) is 3.03. The van der Waals surface area contributed by atoms with Gasteiger partial charge in [0.25, 0.3) is 5.56 Å². The Balaban J connectivity index is 1.85. The average molecular weight is 377 g/mol. The van der Waals surface area contributed by atoms with Crippen LogP contribution < -0.4 is 16.6 Å². The summed E-state index contributed by atoms with van der Waals surface area (Å²) in [6, 6.07) is 2.80. The zero-order valence-electron chi connectivity index (χ0n) is 14.9. The number of carbonyl (C=O) groups is 1. The van der Waals surface area contributed by atoms with E-state index in [0.29, 0.717) is 5.56 Å². The van der Waals surface area contributed by atoms with Gasteiger partial charge < -0.3 is 9.88 Å². The van der Waals surface area contributed by atoms with Gasteiger partial charge in [0.1, 0.15) is 6.54 Å². The maximum Gasteiger partial charge on any atom is 0.332 e. The first-order valence-corrected chi connectivity index (χ1v) is 8.06. The molecule has 3 aromatic rings. The van der Waals surface area contributed by atoms with E-state index in [1.165, 1.54) is 35.6 Å². The molecule has 2 heterocycles. The van der Waals surface area contributed by atoms with E-state index in [-0.39, 0.29) is 17.7 Å². The first-order chi connectivity index (χ1) is 12.7. The number of hydrogen-bond acceptors (Lipinski definition) is 4. The quantitative estimate of drug-likeness (QED) is 0.721. The fourth-order valence-corrected chi connectivity index (χ4v) is 2.82. The monoisotopic (exact) mass is 377 g/mol. The SMILES string of the molecule is CC(NC(=O)Cn1cnc2c1c(=O)n(C)c(=O)n2C)c1ccc(F)c(F)c1. The van der Waals surface area contributed by atoms with Crippen molar-refractivity contribution in [3.8, 4) is 0 Å². The van der Waals surface area contributed by atoms with E-state index in [1.54, 1.807) is 6.92 Å². The Labute approximate surface area is 151 Å². The van der Waals surface area contributed by atoms with Crippen LogP contribution in [0.15, 0.2) is 34.1 Å². The zero-order chi connectivity index (χ0) is 19.9. The summed E-state index contributed by atoms with van der Waals surface area (Å²) in [4.78, 5) is 40.7. The molecule has 0 spiro atoms. The predicted octanol–water partition coefficient (Wildman–Crippen LogP) is 0.589. The Kier molecular flexibility index (Phi) is 4.64. The Hall–Kier alpha value is -3.30. The highest BCUT2D eigenvalue weighted by molar-refractivity contribution is 5.79. The van der Waals surface area contributed by atoms with Crippen LogP contribution in [0.25, 0.3) is 11.2 Å². The third kappa shape index (κ3) is 3.25. The van der Waals surface area contributed by atoms with Crippen LogP contribution in [-0.2, 0) is 25.4 Å². The summed E-state index contributed by atoms with van der Waals surface area (Å²) in [5.41, 5.74) is -0.392. The van der Waals surface area contributed by atoms with Crippen LogP contribution in [0.3, 0.4) is 0 Å². The molecule has 0 fully saturated rings. The molecular formula is C17H17F2N5O3. The van der Waals surface area contributed by atoms with E-state index in [0.717, 1.165) is 16.7 Å². The minimum absolute atomic E-state index is 0.121. The van der Waals surface area contributed by atoms with Crippen molar-refractivity contribution in [1.29, 1.82) is 0 Å². The number of aryl methyl sites for hydroxylation is 1. The number of aromatic nitrogens is 4. The van der Waals surface area contributed by atoms with E-state index in [2.05, 4.69) is 10.3 Å². The Morgan fingerprint density at radius 3 is 2.56 bits per heavy atom. The molecule has 2 aromatic heterocycles. The predicted molar refractivity (Wildman–Crippen MR) is 93.1 cm³/mol. The van der Waals surface area contributed by atoms with Gasteiger partial charge in [-0.05, 0) is 24.6 Å². The Morgan fingerprint density at radius 1 is 1.19 bits per heavy atom. The molecule has 1 unspecified atom stereocenters. The van der Waals surface area contributed by atoms with Crippen LogP contribution in [-0.4, -0.2) is 24.6 Å². The molecule has 10 heteroatoms. The molecule has 1 N–H and O–H groups in total. The third-order valence-electron chi connectivity index (χ3n) is 4.35. The van der Waals surface area contributed by atoms with E-state index in [4.69, 9.17) is 0 Å². The number of nitrogens with one attached hydrogen (secondary N) is 1. The summed E-state index contributed by atoms with van der Waals surface area (Å²) in [5.74, 6) is -2.43. The lowest BCUT2D eigenvalue weighted by Gasteiger charge is -2.15. The minimum Gasteiger partial charge on any atom is -0.348 e. The summed E-state index contributed by atoms with van der Waals surface area (Å²) in [6.07, 6.45) is 1.30. The van der Waals surface area contributed by atoms with Crippen LogP contribution in [0.4, 0.5) is 8.78 Å². The topological polar surface area (TPSA) is 90.9 Å². The van der Waals surface area contributed by atoms with Crippen LogP contribution in [0.5, 0.6) is 0 Å². The highest BCUT2D eigenvalue weighted by atomic mass is 19.2.